The Bertz CT molecular complexity index is 362. The van der Waals surface area contributed by atoms with Crippen LogP contribution in [-0.4, -0.2) is 29.3 Å². The SMILES string of the molecule is C/C1=C\C(OC(=O)NC(C)C)CCCC(C(=O)O)C1. The second-order valence-corrected chi connectivity index (χ2v) is 5.43. The number of carboxylic acid groups (broad SMARTS) is 1. The number of rotatable bonds is 3. The number of hydrogen-bond acceptors (Lipinski definition) is 3. The van der Waals surface area contributed by atoms with E-state index in [0.29, 0.717) is 19.3 Å². The van der Waals surface area contributed by atoms with Gasteiger partial charge in [-0.2, -0.15) is 0 Å². The Balaban J connectivity index is 2.59. The lowest BCUT2D eigenvalue weighted by Gasteiger charge is -2.22. The van der Waals surface area contributed by atoms with Crippen molar-refractivity contribution in [2.75, 3.05) is 0 Å². The molecule has 0 bridgehead atoms. The summed E-state index contributed by atoms with van der Waals surface area (Å²) < 4.78 is 5.33. The molecule has 1 aliphatic rings. The molecule has 0 aliphatic heterocycles. The highest BCUT2D eigenvalue weighted by molar-refractivity contribution is 5.70. The van der Waals surface area contributed by atoms with Crippen LogP contribution in [-0.2, 0) is 9.53 Å². The van der Waals surface area contributed by atoms with Crippen molar-refractivity contribution in [1.29, 1.82) is 0 Å². The van der Waals surface area contributed by atoms with Crippen molar-refractivity contribution in [3.8, 4) is 0 Å². The predicted octanol–water partition coefficient (Wildman–Crippen LogP) is 2.71. The van der Waals surface area contributed by atoms with Crippen LogP contribution in [0, 0.1) is 5.92 Å². The van der Waals surface area contributed by atoms with Crippen molar-refractivity contribution in [2.24, 2.45) is 5.92 Å². The van der Waals surface area contributed by atoms with Gasteiger partial charge in [0.2, 0.25) is 0 Å². The van der Waals surface area contributed by atoms with E-state index in [1.54, 1.807) is 0 Å². The zero-order valence-electron chi connectivity index (χ0n) is 11.8. The van der Waals surface area contributed by atoms with Crippen LogP contribution in [0.2, 0.25) is 0 Å². The van der Waals surface area contributed by atoms with Gasteiger partial charge in [0.25, 0.3) is 0 Å². The van der Waals surface area contributed by atoms with Crippen LogP contribution in [0.4, 0.5) is 4.79 Å². The molecular formula is C14H23NO4. The van der Waals surface area contributed by atoms with Crippen LogP contribution in [0.15, 0.2) is 11.6 Å². The van der Waals surface area contributed by atoms with Gasteiger partial charge < -0.3 is 15.2 Å². The molecule has 2 unspecified atom stereocenters. The van der Waals surface area contributed by atoms with Gasteiger partial charge in [0.15, 0.2) is 0 Å². The van der Waals surface area contributed by atoms with Gasteiger partial charge in [0, 0.05) is 6.04 Å². The lowest BCUT2D eigenvalue weighted by molar-refractivity contribution is -0.142. The summed E-state index contributed by atoms with van der Waals surface area (Å²) in [5.41, 5.74) is 0.967. The van der Waals surface area contributed by atoms with Gasteiger partial charge in [0.05, 0.1) is 5.92 Å². The number of alkyl carbamates (subject to hydrolysis) is 1. The maximum atomic E-state index is 11.5. The molecule has 0 spiro atoms. The van der Waals surface area contributed by atoms with Crippen LogP contribution in [0.3, 0.4) is 0 Å². The highest BCUT2D eigenvalue weighted by atomic mass is 16.6. The normalized spacial score (nSPS) is 26.8. The molecule has 5 nitrogen and oxygen atoms in total. The number of carbonyl (C=O) groups excluding carboxylic acids is 1. The molecule has 0 radical (unpaired) electrons. The van der Waals surface area contributed by atoms with E-state index in [4.69, 9.17) is 9.84 Å². The number of carbonyl (C=O) groups is 2. The summed E-state index contributed by atoms with van der Waals surface area (Å²) in [5, 5.41) is 11.7. The Morgan fingerprint density at radius 3 is 2.68 bits per heavy atom. The molecule has 0 heterocycles. The summed E-state index contributed by atoms with van der Waals surface area (Å²) in [4.78, 5) is 22.6. The maximum Gasteiger partial charge on any atom is 0.407 e. The van der Waals surface area contributed by atoms with Gasteiger partial charge in [-0.25, -0.2) is 4.79 Å². The van der Waals surface area contributed by atoms with Crippen LogP contribution in [0.5, 0.6) is 0 Å². The molecule has 108 valence electrons. The summed E-state index contributed by atoms with van der Waals surface area (Å²) >= 11 is 0. The molecule has 19 heavy (non-hydrogen) atoms. The molecular weight excluding hydrogens is 246 g/mol. The number of hydrogen-bond donors (Lipinski definition) is 2. The van der Waals surface area contributed by atoms with E-state index >= 15 is 0 Å². The number of carboxylic acids is 1. The first-order valence-corrected chi connectivity index (χ1v) is 6.75. The Hall–Kier alpha value is -1.52. The van der Waals surface area contributed by atoms with E-state index in [-0.39, 0.29) is 18.1 Å². The van der Waals surface area contributed by atoms with Crippen LogP contribution >= 0.6 is 0 Å². The largest absolute Gasteiger partial charge is 0.481 e. The van der Waals surface area contributed by atoms with E-state index in [0.717, 1.165) is 12.0 Å². The molecule has 1 aliphatic carbocycles. The lowest BCUT2D eigenvalue weighted by Crippen LogP contribution is -2.33. The predicted molar refractivity (Wildman–Crippen MR) is 71.9 cm³/mol. The van der Waals surface area contributed by atoms with Gasteiger partial charge >= 0.3 is 12.1 Å². The number of allylic oxidation sites excluding steroid dienone is 1. The molecule has 1 rings (SSSR count). The highest BCUT2D eigenvalue weighted by Crippen LogP contribution is 2.24. The van der Waals surface area contributed by atoms with Crippen molar-refractivity contribution in [3.63, 3.8) is 0 Å². The van der Waals surface area contributed by atoms with Gasteiger partial charge in [-0.3, -0.25) is 4.79 Å². The van der Waals surface area contributed by atoms with Crippen molar-refractivity contribution < 1.29 is 19.4 Å². The fourth-order valence-corrected chi connectivity index (χ4v) is 2.24. The molecule has 2 atom stereocenters. The van der Waals surface area contributed by atoms with Gasteiger partial charge in [-0.1, -0.05) is 5.57 Å². The maximum absolute atomic E-state index is 11.5. The highest BCUT2D eigenvalue weighted by Gasteiger charge is 2.22. The topological polar surface area (TPSA) is 75.6 Å². The minimum atomic E-state index is -0.746. The summed E-state index contributed by atoms with van der Waals surface area (Å²) in [6.07, 6.45) is 3.78. The number of ether oxygens (including phenoxy) is 1. The Kier molecular flexibility index (Phi) is 5.86. The lowest BCUT2D eigenvalue weighted by atomic mass is 9.90. The van der Waals surface area contributed by atoms with Crippen LogP contribution < -0.4 is 5.32 Å². The summed E-state index contributed by atoms with van der Waals surface area (Å²) in [6.45, 7) is 5.63. The summed E-state index contributed by atoms with van der Waals surface area (Å²) in [7, 11) is 0. The van der Waals surface area contributed by atoms with E-state index < -0.39 is 12.1 Å². The molecule has 1 amide bonds. The summed E-state index contributed by atoms with van der Waals surface area (Å²) in [5.74, 6) is -1.06. The third-order valence-corrected chi connectivity index (χ3v) is 3.09. The van der Waals surface area contributed by atoms with E-state index in [9.17, 15) is 9.59 Å². The van der Waals surface area contributed by atoms with Crippen LogP contribution in [0.1, 0.15) is 46.5 Å². The van der Waals surface area contributed by atoms with E-state index in [1.165, 1.54) is 0 Å². The average Bonchev–Trinajstić information content (AvgIpc) is 2.22. The second-order valence-electron chi connectivity index (χ2n) is 5.43. The van der Waals surface area contributed by atoms with Crippen molar-refractivity contribution in [3.05, 3.63) is 11.6 Å². The minimum Gasteiger partial charge on any atom is -0.481 e. The Labute approximate surface area is 114 Å². The second kappa shape index (κ2) is 7.16. The zero-order chi connectivity index (χ0) is 14.4. The smallest absolute Gasteiger partial charge is 0.407 e. The summed E-state index contributed by atoms with van der Waals surface area (Å²) in [6, 6.07) is 0.0440. The fraction of sp³-hybridized carbons (Fsp3) is 0.714. The number of amides is 1. The molecule has 0 aromatic carbocycles. The quantitative estimate of drug-likeness (QED) is 0.772. The minimum absolute atomic E-state index is 0.0440. The molecule has 0 fully saturated rings. The van der Waals surface area contributed by atoms with E-state index in [1.807, 2.05) is 26.8 Å². The first-order valence-electron chi connectivity index (χ1n) is 6.75. The zero-order valence-corrected chi connectivity index (χ0v) is 11.8. The molecule has 0 saturated heterocycles. The van der Waals surface area contributed by atoms with Crippen LogP contribution in [0.25, 0.3) is 0 Å². The standard InChI is InChI=1S/C14H23NO4/c1-9(2)15-14(18)19-12-6-4-5-11(13(16)17)7-10(3)8-12/h8-9,11-12H,4-7H2,1-3H3,(H,15,18)(H,16,17)/b10-8+. The van der Waals surface area contributed by atoms with Gasteiger partial charge in [-0.05, 0) is 52.5 Å². The third kappa shape index (κ3) is 5.77. The Morgan fingerprint density at radius 2 is 2.11 bits per heavy atom. The number of aliphatic carboxylic acids is 1. The van der Waals surface area contributed by atoms with E-state index in [2.05, 4.69) is 5.32 Å². The van der Waals surface area contributed by atoms with Gasteiger partial charge in [-0.15, -0.1) is 0 Å². The molecule has 5 heteroatoms. The van der Waals surface area contributed by atoms with Gasteiger partial charge in [0.1, 0.15) is 6.10 Å². The molecule has 2 N–H and O–H groups in total. The van der Waals surface area contributed by atoms with Crippen molar-refractivity contribution >= 4 is 12.1 Å². The molecule has 0 aromatic rings. The number of nitrogens with one attached hydrogen (secondary N) is 1. The monoisotopic (exact) mass is 269 g/mol. The molecule has 0 aromatic heterocycles. The first kappa shape index (κ1) is 15.5. The Morgan fingerprint density at radius 1 is 1.42 bits per heavy atom. The fourth-order valence-electron chi connectivity index (χ4n) is 2.24. The van der Waals surface area contributed by atoms with Crippen molar-refractivity contribution in [2.45, 2.75) is 58.6 Å². The average molecular weight is 269 g/mol. The first-order chi connectivity index (χ1) is 8.88. The third-order valence-electron chi connectivity index (χ3n) is 3.09. The van der Waals surface area contributed by atoms with Crippen molar-refractivity contribution in [1.82, 2.24) is 5.32 Å². The molecule has 0 saturated carbocycles.